The first-order chi connectivity index (χ1) is 10.1. The van der Waals surface area contributed by atoms with Gasteiger partial charge >= 0.3 is 5.97 Å². The first-order valence-electron chi connectivity index (χ1n) is 7.88. The zero-order chi connectivity index (χ0) is 15.5. The van der Waals surface area contributed by atoms with Crippen molar-refractivity contribution in [2.75, 3.05) is 6.54 Å². The molecule has 1 fully saturated rings. The van der Waals surface area contributed by atoms with Crippen LogP contribution in [0.25, 0.3) is 0 Å². The fourth-order valence-electron chi connectivity index (χ4n) is 2.46. The maximum atomic E-state index is 11.6. The largest absolute Gasteiger partial charge is 0.480 e. The summed E-state index contributed by atoms with van der Waals surface area (Å²) in [5.74, 6) is -1.61. The molecule has 1 heterocycles. The predicted molar refractivity (Wildman–Crippen MR) is 78.7 cm³/mol. The quantitative estimate of drug-likeness (QED) is 0.685. The summed E-state index contributed by atoms with van der Waals surface area (Å²) < 4.78 is 0. The van der Waals surface area contributed by atoms with Gasteiger partial charge in [-0.1, -0.05) is 44.9 Å². The van der Waals surface area contributed by atoms with Crippen LogP contribution in [0.2, 0.25) is 0 Å². The molecule has 0 aromatic carbocycles. The maximum Gasteiger partial charge on any atom is 0.326 e. The molecule has 2 amide bonds. The minimum Gasteiger partial charge on any atom is -0.480 e. The smallest absolute Gasteiger partial charge is 0.326 e. The normalized spacial score (nSPS) is 23.9. The molecule has 1 aliphatic heterocycles. The van der Waals surface area contributed by atoms with Crippen LogP contribution in [-0.4, -0.2) is 35.5 Å². The number of amides is 2. The van der Waals surface area contributed by atoms with Gasteiger partial charge in [-0.15, -0.1) is 0 Å². The predicted octanol–water partition coefficient (Wildman–Crippen LogP) is 1.59. The highest BCUT2D eigenvalue weighted by Crippen LogP contribution is 2.12. The van der Waals surface area contributed by atoms with Crippen LogP contribution in [0.4, 0.5) is 0 Å². The van der Waals surface area contributed by atoms with Crippen molar-refractivity contribution in [3.63, 3.8) is 0 Å². The van der Waals surface area contributed by atoms with Gasteiger partial charge in [-0.3, -0.25) is 9.59 Å². The second-order valence-corrected chi connectivity index (χ2v) is 5.60. The van der Waals surface area contributed by atoms with Crippen LogP contribution in [0.15, 0.2) is 0 Å². The van der Waals surface area contributed by atoms with Gasteiger partial charge in [0.2, 0.25) is 11.8 Å². The highest BCUT2D eigenvalue weighted by Gasteiger charge is 2.19. The van der Waals surface area contributed by atoms with E-state index in [1.807, 2.05) is 0 Å². The average molecular weight is 298 g/mol. The Bertz CT molecular complexity index is 358. The van der Waals surface area contributed by atoms with Gasteiger partial charge < -0.3 is 15.7 Å². The molecular formula is C15H26N2O4. The number of carboxylic acids is 1. The SMILES string of the molecule is O=C1CCCCCCCCCCC(C(=O)O)NC(=O)CN1. The van der Waals surface area contributed by atoms with E-state index >= 15 is 0 Å². The zero-order valence-electron chi connectivity index (χ0n) is 12.5. The van der Waals surface area contributed by atoms with E-state index in [9.17, 15) is 14.4 Å². The summed E-state index contributed by atoms with van der Waals surface area (Å²) >= 11 is 0. The molecule has 1 saturated heterocycles. The molecule has 0 bridgehead atoms. The summed E-state index contributed by atoms with van der Waals surface area (Å²) in [7, 11) is 0. The number of aliphatic carboxylic acids is 1. The molecule has 3 N–H and O–H groups in total. The summed E-state index contributed by atoms with van der Waals surface area (Å²) in [6.07, 6.45) is 9.08. The average Bonchev–Trinajstić information content (AvgIpc) is 2.44. The lowest BCUT2D eigenvalue weighted by Crippen LogP contribution is -2.45. The number of nitrogens with one attached hydrogen (secondary N) is 2. The summed E-state index contributed by atoms with van der Waals surface area (Å²) in [6.45, 7) is -0.150. The van der Waals surface area contributed by atoms with Crippen molar-refractivity contribution in [1.29, 1.82) is 0 Å². The fraction of sp³-hybridized carbons (Fsp3) is 0.800. The lowest BCUT2D eigenvalue weighted by atomic mass is 10.0. The van der Waals surface area contributed by atoms with Gasteiger partial charge in [-0.25, -0.2) is 4.79 Å². The van der Waals surface area contributed by atoms with Crippen molar-refractivity contribution in [1.82, 2.24) is 10.6 Å². The number of hydrogen-bond donors (Lipinski definition) is 3. The number of rotatable bonds is 1. The summed E-state index contributed by atoms with van der Waals surface area (Å²) in [5.41, 5.74) is 0. The van der Waals surface area contributed by atoms with Crippen LogP contribution in [0.1, 0.15) is 64.2 Å². The molecule has 1 rings (SSSR count). The van der Waals surface area contributed by atoms with Gasteiger partial charge in [-0.05, 0) is 12.8 Å². The third-order valence-corrected chi connectivity index (χ3v) is 3.73. The Morgan fingerprint density at radius 3 is 2.10 bits per heavy atom. The Balaban J connectivity index is 2.47. The molecule has 0 aromatic heterocycles. The lowest BCUT2D eigenvalue weighted by molar-refractivity contribution is -0.142. The Hall–Kier alpha value is -1.59. The molecular weight excluding hydrogens is 272 g/mol. The summed E-state index contributed by atoms with van der Waals surface area (Å²) in [4.78, 5) is 34.3. The molecule has 6 heteroatoms. The second kappa shape index (κ2) is 10.2. The van der Waals surface area contributed by atoms with Gasteiger partial charge in [0.1, 0.15) is 6.04 Å². The van der Waals surface area contributed by atoms with Crippen LogP contribution in [0.5, 0.6) is 0 Å². The van der Waals surface area contributed by atoms with Crippen LogP contribution in [-0.2, 0) is 14.4 Å². The van der Waals surface area contributed by atoms with Crippen molar-refractivity contribution in [3.8, 4) is 0 Å². The van der Waals surface area contributed by atoms with Gasteiger partial charge in [-0.2, -0.15) is 0 Å². The van der Waals surface area contributed by atoms with Crippen LogP contribution in [0.3, 0.4) is 0 Å². The number of hydrogen-bond acceptors (Lipinski definition) is 3. The Kier molecular flexibility index (Phi) is 8.47. The Morgan fingerprint density at radius 1 is 0.905 bits per heavy atom. The van der Waals surface area contributed by atoms with Crippen molar-refractivity contribution < 1.29 is 19.5 Å². The van der Waals surface area contributed by atoms with E-state index in [0.717, 1.165) is 44.9 Å². The maximum absolute atomic E-state index is 11.6. The zero-order valence-corrected chi connectivity index (χ0v) is 12.5. The Morgan fingerprint density at radius 2 is 1.48 bits per heavy atom. The van der Waals surface area contributed by atoms with Gasteiger partial charge in [0.15, 0.2) is 0 Å². The molecule has 0 spiro atoms. The standard InChI is InChI=1S/C15H26N2O4/c18-13-10-8-6-4-2-1-3-5-7-9-12(15(20)21)17-14(19)11-16-13/h12H,1-11H2,(H,16,18)(H,17,19)(H,20,21). The summed E-state index contributed by atoms with van der Waals surface area (Å²) in [6, 6.07) is -0.859. The van der Waals surface area contributed by atoms with E-state index in [1.54, 1.807) is 0 Å². The molecule has 6 nitrogen and oxygen atoms in total. The summed E-state index contributed by atoms with van der Waals surface area (Å²) in [5, 5.41) is 14.1. The first kappa shape index (κ1) is 17.5. The van der Waals surface area contributed by atoms with Crippen LogP contribution < -0.4 is 10.6 Å². The van der Waals surface area contributed by atoms with Crippen molar-refractivity contribution in [2.24, 2.45) is 0 Å². The third-order valence-electron chi connectivity index (χ3n) is 3.73. The van der Waals surface area contributed by atoms with Crippen molar-refractivity contribution in [2.45, 2.75) is 70.3 Å². The monoisotopic (exact) mass is 298 g/mol. The number of carboxylic acid groups (broad SMARTS) is 1. The van der Waals surface area contributed by atoms with E-state index in [-0.39, 0.29) is 12.5 Å². The minimum atomic E-state index is -1.02. The van der Waals surface area contributed by atoms with Crippen molar-refractivity contribution in [3.05, 3.63) is 0 Å². The number of carbonyl (C=O) groups is 3. The second-order valence-electron chi connectivity index (χ2n) is 5.60. The topological polar surface area (TPSA) is 95.5 Å². The molecule has 0 saturated carbocycles. The van der Waals surface area contributed by atoms with Gasteiger partial charge in [0, 0.05) is 6.42 Å². The minimum absolute atomic E-state index is 0.149. The molecule has 120 valence electrons. The molecule has 1 aliphatic rings. The van der Waals surface area contributed by atoms with E-state index in [0.29, 0.717) is 12.8 Å². The molecule has 1 unspecified atom stereocenters. The van der Waals surface area contributed by atoms with Crippen LogP contribution >= 0.6 is 0 Å². The van der Waals surface area contributed by atoms with E-state index in [4.69, 9.17) is 5.11 Å². The third kappa shape index (κ3) is 8.32. The van der Waals surface area contributed by atoms with Crippen LogP contribution in [0, 0.1) is 0 Å². The molecule has 0 aliphatic carbocycles. The van der Waals surface area contributed by atoms with E-state index in [1.165, 1.54) is 6.42 Å². The van der Waals surface area contributed by atoms with E-state index < -0.39 is 17.9 Å². The molecule has 0 radical (unpaired) electrons. The van der Waals surface area contributed by atoms with Gasteiger partial charge in [0.25, 0.3) is 0 Å². The molecule has 21 heavy (non-hydrogen) atoms. The highest BCUT2D eigenvalue weighted by atomic mass is 16.4. The molecule has 1 atom stereocenters. The van der Waals surface area contributed by atoms with E-state index in [2.05, 4.69) is 10.6 Å². The highest BCUT2D eigenvalue weighted by molar-refractivity contribution is 5.87. The lowest BCUT2D eigenvalue weighted by Gasteiger charge is -2.15. The fourth-order valence-corrected chi connectivity index (χ4v) is 2.46. The Labute approximate surface area is 125 Å². The number of carbonyl (C=O) groups excluding carboxylic acids is 2. The van der Waals surface area contributed by atoms with Crippen molar-refractivity contribution >= 4 is 17.8 Å². The van der Waals surface area contributed by atoms with Gasteiger partial charge in [0.05, 0.1) is 6.54 Å². The molecule has 0 aromatic rings. The first-order valence-corrected chi connectivity index (χ1v) is 7.88.